The number of rotatable bonds is 7. The number of ketones is 1. The van der Waals surface area contributed by atoms with Crippen molar-refractivity contribution in [3.05, 3.63) is 39.9 Å². The van der Waals surface area contributed by atoms with Crippen molar-refractivity contribution in [1.29, 1.82) is 0 Å². The van der Waals surface area contributed by atoms with Gasteiger partial charge >= 0.3 is 5.97 Å². The zero-order chi connectivity index (χ0) is 20.1. The smallest absolute Gasteiger partial charge is 0.307 e. The molecule has 1 aliphatic rings. The fourth-order valence-corrected chi connectivity index (χ4v) is 3.16. The zero-order valence-electron chi connectivity index (χ0n) is 14.4. The average molecular weight is 384 g/mol. The summed E-state index contributed by atoms with van der Waals surface area (Å²) in [7, 11) is 0. The van der Waals surface area contributed by atoms with Crippen LogP contribution in [0.3, 0.4) is 0 Å². The standard InChI is InChI=1S/C17H18F2N2O6/c1-9-4-15(22)11(12(9)7-21(25)26)6-17(24)27-8-16(23)20-10-2-3-13(18)14(19)5-10/h2-3,5,9,11-12H,4,6-8H2,1H3,(H,20,23)/t9-,11-,12+/m0/s1. The number of nitro groups is 1. The van der Waals surface area contributed by atoms with Crippen LogP contribution in [0.1, 0.15) is 19.8 Å². The van der Waals surface area contributed by atoms with Gasteiger partial charge in [0, 0.05) is 34.9 Å². The van der Waals surface area contributed by atoms with E-state index in [0.717, 1.165) is 18.2 Å². The lowest BCUT2D eigenvalue weighted by molar-refractivity contribution is -0.490. The highest BCUT2D eigenvalue weighted by atomic mass is 19.2. The summed E-state index contributed by atoms with van der Waals surface area (Å²) in [6.45, 7) is 0.613. The van der Waals surface area contributed by atoms with Gasteiger partial charge in [-0.3, -0.25) is 24.5 Å². The monoisotopic (exact) mass is 384 g/mol. The second-order valence-electron chi connectivity index (χ2n) is 6.48. The molecule has 0 saturated heterocycles. The minimum Gasteiger partial charge on any atom is -0.456 e. The van der Waals surface area contributed by atoms with Gasteiger partial charge in [-0.1, -0.05) is 6.92 Å². The van der Waals surface area contributed by atoms with Crippen molar-refractivity contribution in [2.45, 2.75) is 19.8 Å². The molecule has 0 unspecified atom stereocenters. The molecule has 1 aromatic carbocycles. The van der Waals surface area contributed by atoms with E-state index in [9.17, 15) is 33.3 Å². The third-order valence-corrected chi connectivity index (χ3v) is 4.50. The topological polar surface area (TPSA) is 116 Å². The summed E-state index contributed by atoms with van der Waals surface area (Å²) in [5.41, 5.74) is -0.0132. The van der Waals surface area contributed by atoms with Crippen LogP contribution in [0.25, 0.3) is 0 Å². The lowest BCUT2D eigenvalue weighted by Crippen LogP contribution is -2.28. The summed E-state index contributed by atoms with van der Waals surface area (Å²) in [5.74, 6) is -5.65. The first-order valence-electron chi connectivity index (χ1n) is 8.22. The van der Waals surface area contributed by atoms with Crippen LogP contribution in [0.5, 0.6) is 0 Å². The highest BCUT2D eigenvalue weighted by Gasteiger charge is 2.44. The maximum absolute atomic E-state index is 13.1. The van der Waals surface area contributed by atoms with Gasteiger partial charge in [-0.05, 0) is 18.1 Å². The average Bonchev–Trinajstić information content (AvgIpc) is 2.83. The fourth-order valence-electron chi connectivity index (χ4n) is 3.16. The van der Waals surface area contributed by atoms with E-state index in [1.54, 1.807) is 6.92 Å². The maximum Gasteiger partial charge on any atom is 0.307 e. The van der Waals surface area contributed by atoms with Crippen LogP contribution in [0, 0.1) is 39.5 Å². The molecule has 146 valence electrons. The van der Waals surface area contributed by atoms with E-state index in [-0.39, 0.29) is 30.2 Å². The molecule has 10 heteroatoms. The van der Waals surface area contributed by atoms with Gasteiger partial charge in [0.1, 0.15) is 5.78 Å². The first-order chi connectivity index (χ1) is 12.7. The maximum atomic E-state index is 13.1. The van der Waals surface area contributed by atoms with Gasteiger partial charge < -0.3 is 10.1 Å². The molecule has 1 N–H and O–H groups in total. The zero-order valence-corrected chi connectivity index (χ0v) is 14.4. The molecule has 0 heterocycles. The Kier molecular flexibility index (Phi) is 6.54. The molecule has 1 fully saturated rings. The third-order valence-electron chi connectivity index (χ3n) is 4.50. The van der Waals surface area contributed by atoms with Crippen LogP contribution in [0.15, 0.2) is 18.2 Å². The van der Waals surface area contributed by atoms with E-state index in [4.69, 9.17) is 4.74 Å². The molecule has 0 radical (unpaired) electrons. The van der Waals surface area contributed by atoms with Crippen LogP contribution in [-0.2, 0) is 19.1 Å². The van der Waals surface area contributed by atoms with E-state index in [1.807, 2.05) is 0 Å². The predicted molar refractivity (Wildman–Crippen MR) is 88.2 cm³/mol. The van der Waals surface area contributed by atoms with Crippen molar-refractivity contribution in [2.75, 3.05) is 18.5 Å². The minimum absolute atomic E-state index is 0.0132. The van der Waals surface area contributed by atoms with E-state index >= 15 is 0 Å². The molecule has 0 aliphatic heterocycles. The number of Topliss-reactive ketones (excluding diaryl/α,β-unsaturated/α-hetero) is 1. The van der Waals surface area contributed by atoms with E-state index in [0.29, 0.717) is 0 Å². The number of halogens is 2. The molecule has 0 aromatic heterocycles. The number of anilines is 1. The second kappa shape index (κ2) is 8.65. The molecular weight excluding hydrogens is 366 g/mol. The molecular formula is C17H18F2N2O6. The third kappa shape index (κ3) is 5.53. The molecule has 0 bridgehead atoms. The van der Waals surface area contributed by atoms with Crippen LogP contribution >= 0.6 is 0 Å². The summed E-state index contributed by atoms with van der Waals surface area (Å²) in [4.78, 5) is 45.8. The molecule has 8 nitrogen and oxygen atoms in total. The summed E-state index contributed by atoms with van der Waals surface area (Å²) in [6.07, 6.45) is -0.187. The Balaban J connectivity index is 1.85. The van der Waals surface area contributed by atoms with Crippen LogP contribution in [0.2, 0.25) is 0 Å². The number of nitrogens with zero attached hydrogens (tertiary/aromatic N) is 1. The molecule has 1 saturated carbocycles. The largest absolute Gasteiger partial charge is 0.456 e. The van der Waals surface area contributed by atoms with Crippen molar-refractivity contribution in [3.8, 4) is 0 Å². The molecule has 1 aromatic rings. The van der Waals surface area contributed by atoms with Gasteiger partial charge in [0.15, 0.2) is 18.2 Å². The first-order valence-corrected chi connectivity index (χ1v) is 8.22. The molecule has 0 spiro atoms. The van der Waals surface area contributed by atoms with Gasteiger partial charge in [0.25, 0.3) is 5.91 Å². The van der Waals surface area contributed by atoms with Crippen LogP contribution in [0.4, 0.5) is 14.5 Å². The van der Waals surface area contributed by atoms with Crippen molar-refractivity contribution in [1.82, 2.24) is 0 Å². The first kappa shape index (κ1) is 20.4. The predicted octanol–water partition coefficient (Wildman–Crippen LogP) is 1.95. The van der Waals surface area contributed by atoms with E-state index < -0.39 is 53.4 Å². The van der Waals surface area contributed by atoms with Gasteiger partial charge in [-0.25, -0.2) is 8.78 Å². The van der Waals surface area contributed by atoms with Crippen molar-refractivity contribution in [2.24, 2.45) is 17.8 Å². The molecule has 1 amide bonds. The van der Waals surface area contributed by atoms with Gasteiger partial charge in [-0.15, -0.1) is 0 Å². The van der Waals surface area contributed by atoms with Crippen molar-refractivity contribution < 1.29 is 32.8 Å². The second-order valence-corrected chi connectivity index (χ2v) is 6.48. The summed E-state index contributed by atoms with van der Waals surface area (Å²) in [6, 6.07) is 2.74. The number of benzene rings is 1. The molecule has 2 rings (SSSR count). The van der Waals surface area contributed by atoms with E-state index in [1.165, 1.54) is 0 Å². The summed E-state index contributed by atoms with van der Waals surface area (Å²) >= 11 is 0. The highest BCUT2D eigenvalue weighted by Crippen LogP contribution is 2.36. The Labute approximate surface area is 153 Å². The Hall–Kier alpha value is -2.91. The summed E-state index contributed by atoms with van der Waals surface area (Å²) < 4.78 is 30.7. The number of carbonyl (C=O) groups excluding carboxylic acids is 3. The lowest BCUT2D eigenvalue weighted by atomic mass is 9.88. The number of esters is 1. The van der Waals surface area contributed by atoms with Crippen LogP contribution < -0.4 is 5.32 Å². The quantitative estimate of drug-likeness (QED) is 0.436. The fraction of sp³-hybridized carbons (Fsp3) is 0.471. The van der Waals surface area contributed by atoms with Crippen molar-refractivity contribution >= 4 is 23.3 Å². The molecule has 1 aliphatic carbocycles. The minimum atomic E-state index is -1.14. The van der Waals surface area contributed by atoms with E-state index in [2.05, 4.69) is 5.32 Å². The highest BCUT2D eigenvalue weighted by molar-refractivity contribution is 5.93. The normalized spacial score (nSPS) is 21.7. The number of ether oxygens (including phenoxy) is 1. The Bertz CT molecular complexity index is 770. The van der Waals surface area contributed by atoms with Crippen molar-refractivity contribution in [3.63, 3.8) is 0 Å². The lowest BCUT2D eigenvalue weighted by Gasteiger charge is -2.17. The number of carbonyl (C=O) groups is 3. The van der Waals surface area contributed by atoms with Crippen LogP contribution in [-0.4, -0.2) is 35.7 Å². The number of hydrogen-bond donors (Lipinski definition) is 1. The SMILES string of the molecule is C[C@H]1CC(=O)[C@@H](CC(=O)OCC(=O)Nc2ccc(F)c(F)c2)[C@@H]1C[N+](=O)[O-]. The molecule has 3 atom stereocenters. The molecule has 27 heavy (non-hydrogen) atoms. The van der Waals surface area contributed by atoms with Gasteiger partial charge in [0.2, 0.25) is 6.54 Å². The number of nitrogens with one attached hydrogen (secondary N) is 1. The summed E-state index contributed by atoms with van der Waals surface area (Å²) in [5, 5.41) is 13.0. The Morgan fingerprint density at radius 1 is 1.33 bits per heavy atom. The Morgan fingerprint density at radius 3 is 2.67 bits per heavy atom. The van der Waals surface area contributed by atoms with Gasteiger partial charge in [-0.2, -0.15) is 0 Å². The number of hydrogen-bond acceptors (Lipinski definition) is 6. The van der Waals surface area contributed by atoms with Gasteiger partial charge in [0.05, 0.1) is 6.42 Å². The number of amides is 1. The Morgan fingerprint density at radius 2 is 2.04 bits per heavy atom.